The number of halogens is 1. The van der Waals surface area contributed by atoms with Crippen molar-refractivity contribution in [2.24, 2.45) is 17.8 Å². The normalized spacial score (nSPS) is 35.6. The zero-order chi connectivity index (χ0) is 9.97. The Hall–Kier alpha value is 0.440. The van der Waals surface area contributed by atoms with Crippen LogP contribution in [0.1, 0.15) is 32.6 Å². The topological polar surface area (TPSA) is 3.24 Å². The van der Waals surface area contributed by atoms with Crippen LogP contribution in [0.4, 0.5) is 0 Å². The van der Waals surface area contributed by atoms with Crippen LogP contribution in [-0.4, -0.2) is 29.9 Å². The van der Waals surface area contributed by atoms with E-state index < -0.39 is 0 Å². The molecule has 1 aliphatic carbocycles. The molecule has 0 aromatic heterocycles. The summed E-state index contributed by atoms with van der Waals surface area (Å²) in [7, 11) is 0. The zero-order valence-electron chi connectivity index (χ0n) is 9.21. The van der Waals surface area contributed by atoms with Gasteiger partial charge in [0.15, 0.2) is 0 Å². The van der Waals surface area contributed by atoms with Crippen molar-refractivity contribution in [3.8, 4) is 0 Å². The Balaban J connectivity index is 1.80. The predicted molar refractivity (Wildman–Crippen MR) is 64.8 cm³/mol. The van der Waals surface area contributed by atoms with Crippen LogP contribution in [0.2, 0.25) is 0 Å². The lowest BCUT2D eigenvalue weighted by Gasteiger charge is -2.23. The highest BCUT2D eigenvalue weighted by Gasteiger charge is 2.34. The molecule has 14 heavy (non-hydrogen) atoms. The molecular weight excluding hydrogens is 238 g/mol. The summed E-state index contributed by atoms with van der Waals surface area (Å²) in [6.45, 7) is 6.43. The van der Waals surface area contributed by atoms with Crippen molar-refractivity contribution < 1.29 is 0 Å². The standard InChI is InChI=1S/C12H22BrN/c1-10(6-13)7-14-8-11-4-2-3-5-12(11)9-14/h10-12H,2-9H2,1H3/t10?,11-,12+. The van der Waals surface area contributed by atoms with Gasteiger partial charge in [-0.3, -0.25) is 0 Å². The molecular formula is C12H22BrN. The highest BCUT2D eigenvalue weighted by molar-refractivity contribution is 9.09. The van der Waals surface area contributed by atoms with Gasteiger partial charge >= 0.3 is 0 Å². The Labute approximate surface area is 96.4 Å². The van der Waals surface area contributed by atoms with Gasteiger partial charge in [-0.05, 0) is 30.6 Å². The van der Waals surface area contributed by atoms with Crippen LogP contribution in [0.3, 0.4) is 0 Å². The second kappa shape index (κ2) is 4.98. The van der Waals surface area contributed by atoms with Gasteiger partial charge < -0.3 is 4.90 Å². The summed E-state index contributed by atoms with van der Waals surface area (Å²) in [5.41, 5.74) is 0. The average molecular weight is 260 g/mol. The molecule has 0 radical (unpaired) electrons. The van der Waals surface area contributed by atoms with E-state index in [1.54, 1.807) is 0 Å². The first-order valence-corrected chi connectivity index (χ1v) is 7.20. The molecule has 1 saturated heterocycles. The summed E-state index contributed by atoms with van der Waals surface area (Å²) in [6, 6.07) is 0. The first-order valence-electron chi connectivity index (χ1n) is 6.08. The van der Waals surface area contributed by atoms with Crippen LogP contribution in [0.5, 0.6) is 0 Å². The van der Waals surface area contributed by atoms with Crippen LogP contribution in [0, 0.1) is 17.8 Å². The molecule has 2 rings (SSSR count). The van der Waals surface area contributed by atoms with Crippen LogP contribution in [0.15, 0.2) is 0 Å². The summed E-state index contributed by atoms with van der Waals surface area (Å²) in [6.07, 6.45) is 5.99. The first kappa shape index (κ1) is 10.9. The fourth-order valence-electron chi connectivity index (χ4n) is 3.14. The van der Waals surface area contributed by atoms with E-state index >= 15 is 0 Å². The maximum Gasteiger partial charge on any atom is 0.00692 e. The molecule has 2 fully saturated rings. The number of fused-ring (bicyclic) bond motifs is 1. The summed E-state index contributed by atoms with van der Waals surface area (Å²) >= 11 is 3.57. The predicted octanol–water partition coefficient (Wildman–Crippen LogP) is 3.14. The molecule has 82 valence electrons. The number of nitrogens with zero attached hydrogens (tertiary/aromatic N) is 1. The molecule has 0 amide bonds. The molecule has 0 bridgehead atoms. The Morgan fingerprint density at radius 2 is 1.79 bits per heavy atom. The summed E-state index contributed by atoms with van der Waals surface area (Å²) in [5.74, 6) is 2.91. The van der Waals surface area contributed by atoms with E-state index in [0.29, 0.717) is 0 Å². The van der Waals surface area contributed by atoms with Crippen molar-refractivity contribution in [3.63, 3.8) is 0 Å². The van der Waals surface area contributed by atoms with Gasteiger partial charge in [-0.2, -0.15) is 0 Å². The zero-order valence-corrected chi connectivity index (χ0v) is 10.8. The third kappa shape index (κ3) is 2.52. The third-order valence-corrected chi connectivity index (χ3v) is 4.99. The molecule has 1 aliphatic heterocycles. The van der Waals surface area contributed by atoms with Crippen molar-refractivity contribution >= 4 is 15.9 Å². The van der Waals surface area contributed by atoms with E-state index in [0.717, 1.165) is 23.1 Å². The molecule has 2 heteroatoms. The fourth-order valence-corrected chi connectivity index (χ4v) is 3.35. The molecule has 1 saturated carbocycles. The van der Waals surface area contributed by atoms with Gasteiger partial charge in [-0.15, -0.1) is 0 Å². The average Bonchev–Trinajstić information content (AvgIpc) is 2.59. The number of hydrogen-bond donors (Lipinski definition) is 0. The number of likely N-dealkylation sites (tertiary alicyclic amines) is 1. The lowest BCUT2D eigenvalue weighted by atomic mass is 9.82. The van der Waals surface area contributed by atoms with Crippen molar-refractivity contribution in [2.45, 2.75) is 32.6 Å². The summed E-state index contributed by atoms with van der Waals surface area (Å²) < 4.78 is 0. The summed E-state index contributed by atoms with van der Waals surface area (Å²) in [4.78, 5) is 2.70. The largest absolute Gasteiger partial charge is 0.302 e. The lowest BCUT2D eigenvalue weighted by molar-refractivity contribution is 0.287. The molecule has 0 spiro atoms. The van der Waals surface area contributed by atoms with E-state index in [4.69, 9.17) is 0 Å². The molecule has 0 N–H and O–H groups in total. The van der Waals surface area contributed by atoms with Crippen LogP contribution in [-0.2, 0) is 0 Å². The van der Waals surface area contributed by atoms with Crippen molar-refractivity contribution in [1.29, 1.82) is 0 Å². The third-order valence-electron chi connectivity index (χ3n) is 3.89. The van der Waals surface area contributed by atoms with Gasteiger partial charge in [-0.25, -0.2) is 0 Å². The molecule has 2 aliphatic rings. The molecule has 0 aromatic rings. The van der Waals surface area contributed by atoms with E-state index in [9.17, 15) is 0 Å². The molecule has 1 nitrogen and oxygen atoms in total. The number of rotatable bonds is 3. The Morgan fingerprint density at radius 3 is 2.29 bits per heavy atom. The van der Waals surface area contributed by atoms with Gasteiger partial charge in [0.2, 0.25) is 0 Å². The number of hydrogen-bond acceptors (Lipinski definition) is 1. The Kier molecular flexibility index (Phi) is 3.89. The fraction of sp³-hybridized carbons (Fsp3) is 1.00. The monoisotopic (exact) mass is 259 g/mol. The quantitative estimate of drug-likeness (QED) is 0.705. The second-order valence-electron chi connectivity index (χ2n) is 5.28. The minimum absolute atomic E-state index is 0.815. The van der Waals surface area contributed by atoms with Crippen molar-refractivity contribution in [2.75, 3.05) is 25.0 Å². The molecule has 0 aromatic carbocycles. The van der Waals surface area contributed by atoms with Gasteiger partial charge in [0, 0.05) is 25.0 Å². The SMILES string of the molecule is CC(CBr)CN1C[C@H]2CCCC[C@H]2C1. The van der Waals surface area contributed by atoms with Gasteiger partial charge in [0.1, 0.15) is 0 Å². The molecule has 1 unspecified atom stereocenters. The van der Waals surface area contributed by atoms with Crippen LogP contribution < -0.4 is 0 Å². The van der Waals surface area contributed by atoms with Crippen molar-refractivity contribution in [1.82, 2.24) is 4.90 Å². The van der Waals surface area contributed by atoms with E-state index in [2.05, 4.69) is 27.8 Å². The Bertz CT molecular complexity index is 169. The minimum atomic E-state index is 0.815. The molecule has 3 atom stereocenters. The van der Waals surface area contributed by atoms with Crippen LogP contribution >= 0.6 is 15.9 Å². The molecule has 1 heterocycles. The smallest absolute Gasteiger partial charge is 0.00692 e. The number of alkyl halides is 1. The first-order chi connectivity index (χ1) is 6.79. The highest BCUT2D eigenvalue weighted by Crippen LogP contribution is 2.36. The maximum atomic E-state index is 3.57. The summed E-state index contributed by atoms with van der Waals surface area (Å²) in [5, 5.41) is 1.15. The lowest BCUT2D eigenvalue weighted by Crippen LogP contribution is -2.27. The van der Waals surface area contributed by atoms with Crippen molar-refractivity contribution in [3.05, 3.63) is 0 Å². The van der Waals surface area contributed by atoms with Gasteiger partial charge in [0.05, 0.1) is 0 Å². The Morgan fingerprint density at radius 1 is 1.21 bits per heavy atom. The highest BCUT2D eigenvalue weighted by atomic mass is 79.9. The van der Waals surface area contributed by atoms with Gasteiger partial charge in [0.25, 0.3) is 0 Å². The van der Waals surface area contributed by atoms with E-state index in [1.165, 1.54) is 45.3 Å². The minimum Gasteiger partial charge on any atom is -0.302 e. The van der Waals surface area contributed by atoms with Crippen LogP contribution in [0.25, 0.3) is 0 Å². The van der Waals surface area contributed by atoms with Gasteiger partial charge in [-0.1, -0.05) is 35.7 Å². The second-order valence-corrected chi connectivity index (χ2v) is 5.93. The van der Waals surface area contributed by atoms with E-state index in [-0.39, 0.29) is 0 Å². The maximum absolute atomic E-state index is 3.57. The van der Waals surface area contributed by atoms with E-state index in [1.807, 2.05) is 0 Å².